The lowest BCUT2D eigenvalue weighted by Crippen LogP contribution is -2.35. The Morgan fingerprint density at radius 1 is 0.941 bits per heavy atom. The Morgan fingerprint density at radius 3 is 2.26 bits per heavy atom. The van der Waals surface area contributed by atoms with Crippen LogP contribution in [0.25, 0.3) is 0 Å². The molecule has 0 saturated carbocycles. The summed E-state index contributed by atoms with van der Waals surface area (Å²) < 4.78 is 37.9. The first-order valence-corrected chi connectivity index (χ1v) is 11.6. The van der Waals surface area contributed by atoms with E-state index < -0.39 is 15.9 Å². The Balaban J connectivity index is 1.61. The number of ketones is 2. The number of nitrogens with one attached hydrogen (secondary N) is 1. The zero-order valence-corrected chi connectivity index (χ0v) is 19.3. The molecular formula is C23H20N4O6S. The van der Waals surface area contributed by atoms with E-state index in [1.807, 2.05) is 0 Å². The molecule has 34 heavy (non-hydrogen) atoms. The number of aliphatic imine (C=N–C) groups is 1. The van der Waals surface area contributed by atoms with Crippen molar-refractivity contribution in [3.63, 3.8) is 0 Å². The summed E-state index contributed by atoms with van der Waals surface area (Å²) in [6, 6.07) is 13.4. The Kier molecular flexibility index (Phi) is 6.12. The highest BCUT2D eigenvalue weighted by Gasteiger charge is 2.35. The van der Waals surface area contributed by atoms with Crippen LogP contribution in [-0.2, 0) is 10.0 Å². The van der Waals surface area contributed by atoms with E-state index in [1.54, 1.807) is 31.2 Å². The first kappa shape index (κ1) is 23.1. The lowest BCUT2D eigenvalue weighted by atomic mass is 9.81. The fourth-order valence-corrected chi connectivity index (χ4v) is 4.42. The summed E-state index contributed by atoms with van der Waals surface area (Å²) >= 11 is 0. The van der Waals surface area contributed by atoms with E-state index in [-0.39, 0.29) is 39.9 Å². The molecule has 2 aromatic carbocycles. The van der Waals surface area contributed by atoms with Crippen LogP contribution in [-0.4, -0.2) is 49.9 Å². The summed E-state index contributed by atoms with van der Waals surface area (Å²) in [5.41, 5.74) is 1.14. The molecule has 1 atom stereocenters. The molecule has 1 N–H and O–H groups in total. The number of hydrogen-bond acceptors (Lipinski definition) is 9. The normalized spacial score (nSPS) is 16.8. The second kappa shape index (κ2) is 9.02. The maximum atomic E-state index is 12.9. The van der Waals surface area contributed by atoms with E-state index in [4.69, 9.17) is 9.47 Å². The van der Waals surface area contributed by atoms with Gasteiger partial charge in [0.2, 0.25) is 11.7 Å². The molecule has 10 nitrogen and oxygen atoms in total. The highest BCUT2D eigenvalue weighted by molar-refractivity contribution is 7.92. The molecule has 1 unspecified atom stereocenters. The van der Waals surface area contributed by atoms with Crippen LogP contribution in [0.3, 0.4) is 0 Å². The molecule has 0 amide bonds. The van der Waals surface area contributed by atoms with Crippen LogP contribution in [0.4, 0.5) is 11.5 Å². The SMILES string of the molecule is COc1cc(NS(=O)(=O)c2ccc(N=C3C(=O)c4ccccc4C(=O)C3C)cc2)nc(OC)n1. The van der Waals surface area contributed by atoms with Gasteiger partial charge in [0.15, 0.2) is 11.6 Å². The molecule has 0 bridgehead atoms. The summed E-state index contributed by atoms with van der Waals surface area (Å²) in [4.78, 5) is 37.7. The van der Waals surface area contributed by atoms with Gasteiger partial charge in [0.1, 0.15) is 0 Å². The third-order valence-electron chi connectivity index (χ3n) is 5.18. The first-order valence-electron chi connectivity index (χ1n) is 10.1. The Hall–Kier alpha value is -4.12. The highest BCUT2D eigenvalue weighted by Crippen LogP contribution is 2.27. The van der Waals surface area contributed by atoms with E-state index in [0.29, 0.717) is 16.8 Å². The number of anilines is 1. The topological polar surface area (TPSA) is 137 Å². The van der Waals surface area contributed by atoms with Gasteiger partial charge in [-0.15, -0.1) is 0 Å². The lowest BCUT2D eigenvalue weighted by Gasteiger charge is -2.21. The molecule has 0 aliphatic heterocycles. The van der Waals surface area contributed by atoms with Crippen molar-refractivity contribution in [2.45, 2.75) is 11.8 Å². The molecule has 1 aliphatic carbocycles. The second-order valence-corrected chi connectivity index (χ2v) is 9.02. The van der Waals surface area contributed by atoms with Gasteiger partial charge in [-0.1, -0.05) is 24.3 Å². The van der Waals surface area contributed by atoms with Gasteiger partial charge in [-0.25, -0.2) is 13.4 Å². The summed E-state index contributed by atoms with van der Waals surface area (Å²) in [5, 5.41) is 0. The van der Waals surface area contributed by atoms with Crippen molar-refractivity contribution in [1.82, 2.24) is 9.97 Å². The van der Waals surface area contributed by atoms with Gasteiger partial charge >= 0.3 is 6.01 Å². The predicted octanol–water partition coefficient (Wildman–Crippen LogP) is 3.08. The number of methoxy groups -OCH3 is 2. The first-order chi connectivity index (χ1) is 16.2. The van der Waals surface area contributed by atoms with E-state index in [9.17, 15) is 18.0 Å². The largest absolute Gasteiger partial charge is 0.481 e. The second-order valence-electron chi connectivity index (χ2n) is 7.34. The van der Waals surface area contributed by atoms with Crippen molar-refractivity contribution in [2.75, 3.05) is 18.9 Å². The Morgan fingerprint density at radius 2 is 1.62 bits per heavy atom. The minimum Gasteiger partial charge on any atom is -0.481 e. The van der Waals surface area contributed by atoms with Gasteiger partial charge in [0.05, 0.1) is 36.4 Å². The smallest absolute Gasteiger partial charge is 0.321 e. The molecule has 1 aliphatic rings. The number of sulfonamides is 1. The van der Waals surface area contributed by atoms with Gasteiger partial charge in [-0.05, 0) is 31.2 Å². The molecule has 174 valence electrons. The van der Waals surface area contributed by atoms with Gasteiger partial charge < -0.3 is 9.47 Å². The fourth-order valence-electron chi connectivity index (χ4n) is 3.42. The van der Waals surface area contributed by atoms with E-state index >= 15 is 0 Å². The minimum atomic E-state index is -4.00. The molecular weight excluding hydrogens is 460 g/mol. The molecule has 3 aromatic rings. The molecule has 0 fully saturated rings. The van der Waals surface area contributed by atoms with Crippen molar-refractivity contribution in [3.8, 4) is 11.9 Å². The third kappa shape index (κ3) is 4.37. The number of nitrogens with zero attached hydrogens (tertiary/aromatic N) is 3. The predicted molar refractivity (Wildman–Crippen MR) is 124 cm³/mol. The van der Waals surface area contributed by atoms with Crippen LogP contribution in [0.5, 0.6) is 11.9 Å². The van der Waals surface area contributed by atoms with Crippen molar-refractivity contribution in [2.24, 2.45) is 10.9 Å². The molecule has 0 radical (unpaired) electrons. The number of aromatic nitrogens is 2. The van der Waals surface area contributed by atoms with Gasteiger partial charge in [0, 0.05) is 17.2 Å². The van der Waals surface area contributed by atoms with Crippen LogP contribution in [0.15, 0.2) is 64.5 Å². The molecule has 0 saturated heterocycles. The monoisotopic (exact) mass is 480 g/mol. The maximum Gasteiger partial charge on any atom is 0.321 e. The van der Waals surface area contributed by atoms with Crippen molar-refractivity contribution in [3.05, 3.63) is 65.7 Å². The summed E-state index contributed by atoms with van der Waals surface area (Å²) in [5.74, 6) is -1.14. The van der Waals surface area contributed by atoms with Gasteiger partial charge in [-0.3, -0.25) is 14.3 Å². The van der Waals surface area contributed by atoms with Crippen LogP contribution < -0.4 is 14.2 Å². The van der Waals surface area contributed by atoms with Crippen molar-refractivity contribution < 1.29 is 27.5 Å². The number of ether oxygens (including phenoxy) is 2. The van der Waals surface area contributed by atoms with Gasteiger partial charge in [0.25, 0.3) is 10.0 Å². The quantitative estimate of drug-likeness (QED) is 0.568. The number of fused-ring (bicyclic) bond motifs is 1. The average Bonchev–Trinajstić information content (AvgIpc) is 2.85. The molecule has 1 heterocycles. The maximum absolute atomic E-state index is 12.9. The third-order valence-corrected chi connectivity index (χ3v) is 6.55. The number of rotatable bonds is 6. The molecule has 11 heteroatoms. The molecule has 1 aromatic heterocycles. The van der Waals surface area contributed by atoms with Crippen LogP contribution in [0, 0.1) is 5.92 Å². The number of carbonyl (C=O) groups excluding carboxylic acids is 2. The number of benzene rings is 2. The number of hydrogen-bond donors (Lipinski definition) is 1. The molecule has 4 rings (SSSR count). The fraction of sp³-hybridized carbons (Fsp3) is 0.174. The van der Waals surface area contributed by atoms with Crippen molar-refractivity contribution >= 4 is 38.8 Å². The minimum absolute atomic E-state index is 0.0353. The average molecular weight is 481 g/mol. The van der Waals surface area contributed by atoms with Crippen LogP contribution >= 0.6 is 0 Å². The number of carbonyl (C=O) groups is 2. The lowest BCUT2D eigenvalue weighted by molar-refractivity contribution is 0.0927. The standard InChI is InChI=1S/C23H20N4O6S/c1-13-20(22(29)17-7-5-4-6-16(17)21(13)28)24-14-8-10-15(11-9-14)34(30,31)27-18-12-19(32-2)26-23(25-18)33-3/h4-13H,1-3H3,(H,25,26,27). The Bertz CT molecular complexity index is 1400. The van der Waals surface area contributed by atoms with E-state index in [2.05, 4.69) is 19.7 Å². The zero-order valence-electron chi connectivity index (χ0n) is 18.5. The number of Topliss-reactive ketones (excluding diaryl/α,β-unsaturated/α-hetero) is 2. The zero-order chi connectivity index (χ0) is 24.5. The summed E-state index contributed by atoms with van der Waals surface area (Å²) in [7, 11) is -1.28. The van der Waals surface area contributed by atoms with Crippen molar-refractivity contribution in [1.29, 1.82) is 0 Å². The summed E-state index contributed by atoms with van der Waals surface area (Å²) in [6.45, 7) is 1.63. The van der Waals surface area contributed by atoms with Gasteiger partial charge in [-0.2, -0.15) is 9.97 Å². The Labute approximate surface area is 195 Å². The molecule has 0 spiro atoms. The highest BCUT2D eigenvalue weighted by atomic mass is 32.2. The van der Waals surface area contributed by atoms with Crippen LogP contribution in [0.1, 0.15) is 27.6 Å². The summed E-state index contributed by atoms with van der Waals surface area (Å²) in [6.07, 6.45) is 0. The van der Waals surface area contributed by atoms with Crippen LogP contribution in [0.2, 0.25) is 0 Å². The van der Waals surface area contributed by atoms with E-state index in [1.165, 1.54) is 44.6 Å². The van der Waals surface area contributed by atoms with E-state index in [0.717, 1.165) is 0 Å².